The minimum atomic E-state index is -0.0379. The molecule has 1 saturated carbocycles. The van der Waals surface area contributed by atoms with Gasteiger partial charge in [-0.15, -0.1) is 11.3 Å². The molecule has 3 aromatic rings. The third kappa shape index (κ3) is 4.95. The number of ether oxygens (including phenoxy) is 1. The topological polar surface area (TPSA) is 64.1 Å². The number of pyridine rings is 1. The van der Waals surface area contributed by atoms with Crippen LogP contribution >= 0.6 is 11.3 Å². The average molecular weight is 394 g/mol. The van der Waals surface area contributed by atoms with Gasteiger partial charge in [-0.05, 0) is 61.9 Å². The number of thiazole rings is 1. The first-order valence-electron chi connectivity index (χ1n) is 9.69. The summed E-state index contributed by atoms with van der Waals surface area (Å²) in [4.78, 5) is 21.0. The summed E-state index contributed by atoms with van der Waals surface area (Å²) in [6.07, 6.45) is 7.94. The van der Waals surface area contributed by atoms with E-state index in [0.29, 0.717) is 24.1 Å². The van der Waals surface area contributed by atoms with Gasteiger partial charge in [-0.2, -0.15) is 0 Å². The summed E-state index contributed by atoms with van der Waals surface area (Å²) in [6.45, 7) is 0. The Balaban J connectivity index is 1.29. The van der Waals surface area contributed by atoms with Crippen LogP contribution in [0.4, 0.5) is 5.13 Å². The Kier molecular flexibility index (Phi) is 5.97. The number of aryl methyl sites for hydroxylation is 1. The summed E-state index contributed by atoms with van der Waals surface area (Å²) >= 11 is 1.41. The fourth-order valence-corrected chi connectivity index (χ4v) is 4.10. The Morgan fingerprint density at radius 2 is 2.04 bits per heavy atom. The van der Waals surface area contributed by atoms with Crippen molar-refractivity contribution < 1.29 is 9.53 Å². The lowest BCUT2D eigenvalue weighted by Crippen LogP contribution is -2.12. The Morgan fingerprint density at radius 1 is 1.14 bits per heavy atom. The Bertz CT molecular complexity index is 920. The van der Waals surface area contributed by atoms with Crippen LogP contribution in [0.1, 0.15) is 37.7 Å². The largest absolute Gasteiger partial charge is 0.490 e. The number of nitrogens with zero attached hydrogens (tertiary/aromatic N) is 2. The van der Waals surface area contributed by atoms with Gasteiger partial charge in [0.05, 0.1) is 11.8 Å². The van der Waals surface area contributed by atoms with E-state index in [4.69, 9.17) is 4.74 Å². The first kappa shape index (κ1) is 18.6. The van der Waals surface area contributed by atoms with E-state index >= 15 is 0 Å². The highest BCUT2D eigenvalue weighted by Crippen LogP contribution is 2.25. The van der Waals surface area contributed by atoms with Crippen LogP contribution in [0.5, 0.6) is 5.75 Å². The molecule has 0 atom stereocenters. The lowest BCUT2D eigenvalue weighted by Gasteiger charge is -2.13. The average Bonchev–Trinajstić information content (AvgIpc) is 3.40. The molecule has 1 aliphatic carbocycles. The summed E-state index contributed by atoms with van der Waals surface area (Å²) in [7, 11) is 0. The van der Waals surface area contributed by atoms with Crippen molar-refractivity contribution >= 4 is 22.4 Å². The van der Waals surface area contributed by atoms with Crippen molar-refractivity contribution in [1.29, 1.82) is 0 Å². The van der Waals surface area contributed by atoms with Gasteiger partial charge in [0.1, 0.15) is 11.4 Å². The van der Waals surface area contributed by atoms with Crippen molar-refractivity contribution in [3.05, 3.63) is 59.6 Å². The van der Waals surface area contributed by atoms with Gasteiger partial charge in [-0.25, -0.2) is 4.98 Å². The van der Waals surface area contributed by atoms with Crippen LogP contribution in [-0.4, -0.2) is 22.0 Å². The molecule has 1 aliphatic rings. The van der Waals surface area contributed by atoms with E-state index in [9.17, 15) is 4.79 Å². The van der Waals surface area contributed by atoms with E-state index in [-0.39, 0.29) is 5.91 Å². The van der Waals surface area contributed by atoms with Gasteiger partial charge in [0.15, 0.2) is 5.13 Å². The van der Waals surface area contributed by atoms with E-state index in [2.05, 4.69) is 15.3 Å². The first-order chi connectivity index (χ1) is 13.8. The second-order valence-electron chi connectivity index (χ2n) is 6.97. The van der Waals surface area contributed by atoms with Crippen molar-refractivity contribution in [3.8, 4) is 17.1 Å². The Hall–Kier alpha value is -2.73. The zero-order valence-electron chi connectivity index (χ0n) is 15.6. The molecule has 2 aromatic heterocycles. The molecule has 1 aromatic carbocycles. The molecular formula is C22H23N3O2S. The Labute approximate surface area is 168 Å². The van der Waals surface area contributed by atoms with Crippen LogP contribution in [-0.2, 0) is 11.2 Å². The molecule has 0 radical (unpaired) electrons. The monoisotopic (exact) mass is 393 g/mol. The maximum Gasteiger partial charge on any atom is 0.226 e. The zero-order chi connectivity index (χ0) is 19.2. The predicted molar refractivity (Wildman–Crippen MR) is 112 cm³/mol. The maximum absolute atomic E-state index is 12.3. The highest BCUT2D eigenvalue weighted by atomic mass is 32.1. The molecule has 6 heteroatoms. The summed E-state index contributed by atoms with van der Waals surface area (Å²) in [5.74, 6) is 0.869. The number of anilines is 1. The number of aromatic nitrogens is 2. The molecule has 5 nitrogen and oxygen atoms in total. The number of nitrogens with one attached hydrogen (secondary N) is 1. The van der Waals surface area contributed by atoms with Gasteiger partial charge < -0.3 is 10.1 Å². The van der Waals surface area contributed by atoms with E-state index < -0.39 is 0 Å². The quantitative estimate of drug-likeness (QED) is 0.607. The van der Waals surface area contributed by atoms with E-state index in [1.165, 1.54) is 24.2 Å². The molecule has 1 fully saturated rings. The summed E-state index contributed by atoms with van der Waals surface area (Å²) in [5.41, 5.74) is 2.69. The smallest absolute Gasteiger partial charge is 0.226 e. The SMILES string of the molecule is O=C(CCc1cccc(OC2CCCC2)c1)Nc1nc(-c2ccccn2)cs1. The van der Waals surface area contributed by atoms with Crippen LogP contribution in [0.15, 0.2) is 54.0 Å². The van der Waals surface area contributed by atoms with Crippen LogP contribution < -0.4 is 10.1 Å². The van der Waals surface area contributed by atoms with Gasteiger partial charge in [-0.3, -0.25) is 9.78 Å². The molecule has 144 valence electrons. The van der Waals surface area contributed by atoms with Crippen LogP contribution in [0.25, 0.3) is 11.4 Å². The molecule has 0 spiro atoms. The number of hydrogen-bond acceptors (Lipinski definition) is 5. The van der Waals surface area contributed by atoms with Gasteiger partial charge >= 0.3 is 0 Å². The van der Waals surface area contributed by atoms with Crippen molar-refractivity contribution in [3.63, 3.8) is 0 Å². The van der Waals surface area contributed by atoms with Gasteiger partial charge in [-0.1, -0.05) is 18.2 Å². The molecule has 0 bridgehead atoms. The normalized spacial score (nSPS) is 14.1. The second kappa shape index (κ2) is 8.97. The molecule has 4 rings (SSSR count). The molecule has 0 saturated heterocycles. The number of carbonyl (C=O) groups is 1. The lowest BCUT2D eigenvalue weighted by atomic mass is 10.1. The standard InChI is InChI=1S/C22H23N3O2S/c26-21(25-22-24-20(15-28-22)19-10-3-4-13-23-19)12-11-16-6-5-9-18(14-16)27-17-7-1-2-8-17/h3-6,9-10,13-15,17H,1-2,7-8,11-12H2,(H,24,25,26). The molecule has 0 aliphatic heterocycles. The highest BCUT2D eigenvalue weighted by Gasteiger charge is 2.16. The number of hydrogen-bond donors (Lipinski definition) is 1. The number of amides is 1. The predicted octanol–water partition coefficient (Wildman–Crippen LogP) is 5.10. The summed E-state index contributed by atoms with van der Waals surface area (Å²) in [6, 6.07) is 13.8. The van der Waals surface area contributed by atoms with Crippen LogP contribution in [0.3, 0.4) is 0 Å². The van der Waals surface area contributed by atoms with Crippen LogP contribution in [0.2, 0.25) is 0 Å². The van der Waals surface area contributed by atoms with Gasteiger partial charge in [0, 0.05) is 18.0 Å². The first-order valence-corrected chi connectivity index (χ1v) is 10.6. The molecule has 28 heavy (non-hydrogen) atoms. The summed E-state index contributed by atoms with van der Waals surface area (Å²) in [5, 5.41) is 5.39. The second-order valence-corrected chi connectivity index (χ2v) is 7.83. The maximum atomic E-state index is 12.3. The Morgan fingerprint density at radius 3 is 2.86 bits per heavy atom. The number of rotatable bonds is 7. The summed E-state index contributed by atoms with van der Waals surface area (Å²) < 4.78 is 6.05. The van der Waals surface area contributed by atoms with E-state index in [1.54, 1.807) is 6.20 Å². The minimum absolute atomic E-state index is 0.0379. The highest BCUT2D eigenvalue weighted by molar-refractivity contribution is 7.14. The third-order valence-corrected chi connectivity index (χ3v) is 5.58. The number of benzene rings is 1. The zero-order valence-corrected chi connectivity index (χ0v) is 16.5. The fourth-order valence-electron chi connectivity index (χ4n) is 3.38. The van der Waals surface area contributed by atoms with E-state index in [0.717, 1.165) is 35.5 Å². The van der Waals surface area contributed by atoms with Crippen molar-refractivity contribution in [1.82, 2.24) is 9.97 Å². The van der Waals surface area contributed by atoms with Gasteiger partial charge in [0.25, 0.3) is 0 Å². The molecule has 2 heterocycles. The van der Waals surface area contributed by atoms with Crippen LogP contribution in [0, 0.1) is 0 Å². The van der Waals surface area contributed by atoms with Gasteiger partial charge in [0.2, 0.25) is 5.91 Å². The molecule has 0 unspecified atom stereocenters. The lowest BCUT2D eigenvalue weighted by molar-refractivity contribution is -0.116. The third-order valence-electron chi connectivity index (χ3n) is 4.82. The fraction of sp³-hybridized carbons (Fsp3) is 0.318. The molecule has 1 N–H and O–H groups in total. The van der Waals surface area contributed by atoms with Crippen molar-refractivity contribution in [2.45, 2.75) is 44.6 Å². The molecule has 1 amide bonds. The number of carbonyl (C=O) groups excluding carboxylic acids is 1. The minimum Gasteiger partial charge on any atom is -0.490 e. The van der Waals surface area contributed by atoms with E-state index in [1.807, 2.05) is 47.8 Å². The molecular weight excluding hydrogens is 370 g/mol. The van der Waals surface area contributed by atoms with Crippen molar-refractivity contribution in [2.24, 2.45) is 0 Å². The van der Waals surface area contributed by atoms with Crippen molar-refractivity contribution in [2.75, 3.05) is 5.32 Å².